The number of benzene rings is 1. The van der Waals surface area contributed by atoms with Crippen LogP contribution in [-0.2, 0) is 11.3 Å². The summed E-state index contributed by atoms with van der Waals surface area (Å²) < 4.78 is 5.50. The maximum atomic E-state index is 12.2. The molecular formula is C17H24N2O2. The molecule has 0 aliphatic carbocycles. The average molecular weight is 288 g/mol. The van der Waals surface area contributed by atoms with E-state index < -0.39 is 5.60 Å². The summed E-state index contributed by atoms with van der Waals surface area (Å²) in [5, 5.41) is 0. The van der Waals surface area contributed by atoms with Crippen LogP contribution >= 0.6 is 0 Å². The van der Waals surface area contributed by atoms with Crippen LogP contribution < -0.4 is 0 Å². The Morgan fingerprint density at radius 3 is 2.62 bits per heavy atom. The molecule has 0 bridgehead atoms. The summed E-state index contributed by atoms with van der Waals surface area (Å²) in [6.45, 7) is 8.50. The number of likely N-dealkylation sites (tertiary alicyclic amines) is 2. The lowest BCUT2D eigenvalue weighted by molar-refractivity contribution is -0.0134. The number of nitrogens with zero attached hydrogens (tertiary/aromatic N) is 2. The molecule has 2 fully saturated rings. The average Bonchev–Trinajstić information content (AvgIpc) is 2.73. The SMILES string of the molecule is CC(C)(C)OC(=O)N1CC[C@@H]2[C@H]1CN2Cc1ccccc1. The second-order valence-corrected chi connectivity index (χ2v) is 7.01. The highest BCUT2D eigenvalue weighted by Crippen LogP contribution is 2.34. The van der Waals surface area contributed by atoms with E-state index in [1.807, 2.05) is 31.7 Å². The van der Waals surface area contributed by atoms with Crippen LogP contribution in [0.4, 0.5) is 4.79 Å². The van der Waals surface area contributed by atoms with Crippen molar-refractivity contribution in [3.8, 4) is 0 Å². The lowest BCUT2D eigenvalue weighted by Gasteiger charge is -2.46. The van der Waals surface area contributed by atoms with Gasteiger partial charge < -0.3 is 9.64 Å². The van der Waals surface area contributed by atoms with Crippen LogP contribution in [0.25, 0.3) is 0 Å². The highest BCUT2D eigenvalue weighted by atomic mass is 16.6. The molecule has 2 saturated heterocycles. The molecule has 1 aromatic carbocycles. The first kappa shape index (κ1) is 14.4. The lowest BCUT2D eigenvalue weighted by atomic mass is 9.96. The van der Waals surface area contributed by atoms with Crippen molar-refractivity contribution in [1.29, 1.82) is 0 Å². The second kappa shape index (κ2) is 5.34. The van der Waals surface area contributed by atoms with Crippen LogP contribution in [0.15, 0.2) is 30.3 Å². The molecule has 0 unspecified atom stereocenters. The van der Waals surface area contributed by atoms with E-state index in [1.54, 1.807) is 0 Å². The van der Waals surface area contributed by atoms with Gasteiger partial charge in [-0.15, -0.1) is 0 Å². The van der Waals surface area contributed by atoms with Crippen molar-refractivity contribution >= 4 is 6.09 Å². The number of hydrogen-bond acceptors (Lipinski definition) is 3. The maximum Gasteiger partial charge on any atom is 0.410 e. The summed E-state index contributed by atoms with van der Waals surface area (Å²) in [6, 6.07) is 11.4. The third kappa shape index (κ3) is 3.05. The Bertz CT molecular complexity index is 509. The van der Waals surface area contributed by atoms with Gasteiger partial charge in [-0.2, -0.15) is 0 Å². The molecule has 0 aromatic heterocycles. The Kier molecular flexibility index (Phi) is 3.66. The van der Waals surface area contributed by atoms with Gasteiger partial charge in [0.15, 0.2) is 0 Å². The monoisotopic (exact) mass is 288 g/mol. The Morgan fingerprint density at radius 1 is 1.24 bits per heavy atom. The quantitative estimate of drug-likeness (QED) is 0.839. The Balaban J connectivity index is 1.56. The van der Waals surface area contributed by atoms with Crippen LogP contribution in [0.2, 0.25) is 0 Å². The van der Waals surface area contributed by atoms with E-state index in [1.165, 1.54) is 5.56 Å². The summed E-state index contributed by atoms with van der Waals surface area (Å²) in [6.07, 6.45) is 0.894. The molecule has 114 valence electrons. The first-order valence-corrected chi connectivity index (χ1v) is 7.72. The van der Waals surface area contributed by atoms with Crippen molar-refractivity contribution in [2.75, 3.05) is 13.1 Å². The Labute approximate surface area is 126 Å². The minimum Gasteiger partial charge on any atom is -0.444 e. The lowest BCUT2D eigenvalue weighted by Crippen LogP contribution is -2.62. The molecule has 0 spiro atoms. The molecule has 1 amide bonds. The second-order valence-electron chi connectivity index (χ2n) is 7.01. The Hall–Kier alpha value is -1.55. The normalized spacial score (nSPS) is 25.4. The minimum atomic E-state index is -0.414. The molecule has 4 nitrogen and oxygen atoms in total. The van der Waals surface area contributed by atoms with E-state index in [2.05, 4.69) is 29.2 Å². The third-order valence-corrected chi connectivity index (χ3v) is 4.26. The molecule has 2 aliphatic rings. The van der Waals surface area contributed by atoms with Gasteiger partial charge in [-0.25, -0.2) is 4.79 Å². The standard InChI is InChI=1S/C17H24N2O2/c1-17(2,3)21-16(20)19-10-9-14-15(19)12-18(14)11-13-7-5-4-6-8-13/h4-8,14-15H,9-12H2,1-3H3/t14-,15-/m1/s1. The smallest absolute Gasteiger partial charge is 0.410 e. The number of fused-ring (bicyclic) bond motifs is 1. The van der Waals surface area contributed by atoms with Gasteiger partial charge >= 0.3 is 6.09 Å². The van der Waals surface area contributed by atoms with Gasteiger partial charge in [0.25, 0.3) is 0 Å². The molecule has 4 heteroatoms. The molecule has 2 atom stereocenters. The van der Waals surface area contributed by atoms with Gasteiger partial charge in [0.2, 0.25) is 0 Å². The molecular weight excluding hydrogens is 264 g/mol. The van der Waals surface area contributed by atoms with E-state index in [0.717, 1.165) is 26.1 Å². The van der Waals surface area contributed by atoms with Crippen molar-refractivity contribution in [3.05, 3.63) is 35.9 Å². The van der Waals surface area contributed by atoms with E-state index in [0.29, 0.717) is 12.1 Å². The molecule has 0 N–H and O–H groups in total. The number of hydrogen-bond donors (Lipinski definition) is 0. The van der Waals surface area contributed by atoms with Crippen LogP contribution in [0.1, 0.15) is 32.8 Å². The summed E-state index contributed by atoms with van der Waals surface area (Å²) in [7, 11) is 0. The van der Waals surface area contributed by atoms with Gasteiger partial charge in [-0.3, -0.25) is 4.90 Å². The zero-order valence-electron chi connectivity index (χ0n) is 13.1. The van der Waals surface area contributed by atoms with E-state index in [9.17, 15) is 4.79 Å². The van der Waals surface area contributed by atoms with Crippen molar-refractivity contribution in [2.24, 2.45) is 0 Å². The highest BCUT2D eigenvalue weighted by molar-refractivity contribution is 5.69. The fourth-order valence-electron chi connectivity index (χ4n) is 3.27. The molecule has 0 radical (unpaired) electrons. The highest BCUT2D eigenvalue weighted by Gasteiger charge is 2.49. The zero-order chi connectivity index (χ0) is 15.0. The van der Waals surface area contributed by atoms with Gasteiger partial charge in [-0.1, -0.05) is 30.3 Å². The summed E-state index contributed by atoms with van der Waals surface area (Å²) >= 11 is 0. The minimum absolute atomic E-state index is 0.158. The molecule has 0 saturated carbocycles. The fourth-order valence-corrected chi connectivity index (χ4v) is 3.27. The van der Waals surface area contributed by atoms with E-state index >= 15 is 0 Å². The number of carbonyl (C=O) groups excluding carboxylic acids is 1. The molecule has 2 heterocycles. The first-order chi connectivity index (χ1) is 9.94. The summed E-state index contributed by atoms with van der Waals surface area (Å²) in [4.78, 5) is 16.6. The number of amides is 1. The van der Waals surface area contributed by atoms with Crippen LogP contribution in [0.3, 0.4) is 0 Å². The summed E-state index contributed by atoms with van der Waals surface area (Å²) in [5.41, 5.74) is 0.925. The van der Waals surface area contributed by atoms with Gasteiger partial charge in [-0.05, 0) is 32.8 Å². The molecule has 21 heavy (non-hydrogen) atoms. The topological polar surface area (TPSA) is 32.8 Å². The van der Waals surface area contributed by atoms with E-state index in [4.69, 9.17) is 4.74 Å². The maximum absolute atomic E-state index is 12.2. The van der Waals surface area contributed by atoms with Gasteiger partial charge in [0.1, 0.15) is 5.60 Å². The van der Waals surface area contributed by atoms with Crippen LogP contribution in [0, 0.1) is 0 Å². The van der Waals surface area contributed by atoms with E-state index in [-0.39, 0.29) is 6.09 Å². The van der Waals surface area contributed by atoms with Crippen LogP contribution in [-0.4, -0.2) is 46.7 Å². The molecule has 1 aromatic rings. The summed E-state index contributed by atoms with van der Waals surface area (Å²) in [5.74, 6) is 0. The largest absolute Gasteiger partial charge is 0.444 e. The number of carbonyl (C=O) groups is 1. The number of ether oxygens (including phenoxy) is 1. The zero-order valence-corrected chi connectivity index (χ0v) is 13.1. The van der Waals surface area contributed by atoms with Crippen molar-refractivity contribution in [3.63, 3.8) is 0 Å². The molecule has 3 rings (SSSR count). The fraction of sp³-hybridized carbons (Fsp3) is 0.588. The predicted molar refractivity (Wildman–Crippen MR) is 82.0 cm³/mol. The third-order valence-electron chi connectivity index (χ3n) is 4.26. The van der Waals surface area contributed by atoms with Crippen molar-refractivity contribution in [1.82, 2.24) is 9.80 Å². The van der Waals surface area contributed by atoms with Crippen LogP contribution in [0.5, 0.6) is 0 Å². The predicted octanol–water partition coefficient (Wildman–Crippen LogP) is 2.88. The van der Waals surface area contributed by atoms with Gasteiger partial charge in [0, 0.05) is 25.7 Å². The Morgan fingerprint density at radius 2 is 1.95 bits per heavy atom. The molecule has 2 aliphatic heterocycles. The number of rotatable bonds is 2. The van der Waals surface area contributed by atoms with Crippen molar-refractivity contribution < 1.29 is 9.53 Å². The van der Waals surface area contributed by atoms with Gasteiger partial charge in [0.05, 0.1) is 6.04 Å². The van der Waals surface area contributed by atoms with Crippen molar-refractivity contribution in [2.45, 2.75) is 51.4 Å². The first-order valence-electron chi connectivity index (χ1n) is 7.72.